The Bertz CT molecular complexity index is 669. The summed E-state index contributed by atoms with van der Waals surface area (Å²) in [5.74, 6) is 0.0579. The van der Waals surface area contributed by atoms with E-state index in [1.54, 1.807) is 0 Å². The zero-order valence-electron chi connectivity index (χ0n) is 16.7. The number of isocyanates is 2. The molecule has 30 heavy (non-hydrogen) atoms. The van der Waals surface area contributed by atoms with Crippen LogP contribution in [0.25, 0.3) is 0 Å². The molecule has 12 heteroatoms. The van der Waals surface area contributed by atoms with Crippen molar-refractivity contribution < 1.29 is 28.7 Å². The number of carbonyl (C=O) groups is 3. The van der Waals surface area contributed by atoms with E-state index >= 15 is 0 Å². The molecule has 2 rings (SSSR count). The van der Waals surface area contributed by atoms with E-state index in [0.717, 1.165) is 45.1 Å². The molecule has 0 aromatic heterocycles. The Morgan fingerprint density at radius 2 is 1.77 bits per heavy atom. The molecule has 0 radical (unpaired) electrons. The van der Waals surface area contributed by atoms with Crippen molar-refractivity contribution in [1.82, 2.24) is 15.5 Å². The lowest BCUT2D eigenvalue weighted by Crippen LogP contribution is -2.43. The third-order valence-electron chi connectivity index (χ3n) is 3.85. The van der Waals surface area contributed by atoms with Crippen molar-refractivity contribution in [3.63, 3.8) is 0 Å². The van der Waals surface area contributed by atoms with Crippen LogP contribution in [0, 0.1) is 11.5 Å². The predicted octanol–water partition coefficient (Wildman–Crippen LogP) is 0.846. The van der Waals surface area contributed by atoms with E-state index in [9.17, 15) is 24.0 Å². The first kappa shape index (κ1) is 26.5. The minimum atomic E-state index is -0.485. The van der Waals surface area contributed by atoms with E-state index < -0.39 is 6.03 Å². The molecule has 164 valence electrons. The lowest BCUT2D eigenvalue weighted by atomic mass is 10.2. The Hall–Kier alpha value is -3.54. The van der Waals surface area contributed by atoms with Crippen molar-refractivity contribution in [2.24, 2.45) is 9.98 Å². The maximum atomic E-state index is 11.4. The molecule has 2 fully saturated rings. The third-order valence-corrected chi connectivity index (χ3v) is 3.85. The lowest BCUT2D eigenvalue weighted by molar-refractivity contribution is -0.127. The van der Waals surface area contributed by atoms with Crippen molar-refractivity contribution >= 4 is 30.0 Å². The molecule has 0 atom stereocenters. The molecule has 0 saturated carbocycles. The van der Waals surface area contributed by atoms with Gasteiger partial charge in [0.1, 0.15) is 6.67 Å². The number of likely N-dealkylation sites (tertiary alicyclic amines) is 1. The highest BCUT2D eigenvalue weighted by Crippen LogP contribution is 2.10. The molecule has 0 spiro atoms. The fourth-order valence-corrected chi connectivity index (χ4v) is 2.42. The van der Waals surface area contributed by atoms with E-state index in [1.807, 2.05) is 0 Å². The summed E-state index contributed by atoms with van der Waals surface area (Å²) in [7, 11) is 0. The first-order valence-corrected chi connectivity index (χ1v) is 9.49. The number of nitriles is 1. The van der Waals surface area contributed by atoms with Gasteiger partial charge in [-0.3, -0.25) is 14.5 Å². The Labute approximate surface area is 174 Å². The Morgan fingerprint density at radius 1 is 1.07 bits per heavy atom. The van der Waals surface area contributed by atoms with E-state index in [1.165, 1.54) is 29.7 Å². The fourth-order valence-electron chi connectivity index (χ4n) is 2.42. The number of imide groups is 1. The molecule has 0 unspecified atom stereocenters. The number of hydrogen-bond acceptors (Lipinski definition) is 9. The summed E-state index contributed by atoms with van der Waals surface area (Å²) >= 11 is 0. The maximum absolute atomic E-state index is 11.4. The zero-order chi connectivity index (χ0) is 22.5. The largest absolute Gasteiger partial charge is 0.403 e. The van der Waals surface area contributed by atoms with Crippen LogP contribution in [0.5, 0.6) is 0 Å². The molecule has 4 amide bonds. The molecule has 2 aliphatic heterocycles. The van der Waals surface area contributed by atoms with Crippen LogP contribution in [0.2, 0.25) is 0 Å². The highest BCUT2D eigenvalue weighted by atomic mass is 16.5. The van der Waals surface area contributed by atoms with Gasteiger partial charge in [0.2, 0.25) is 30.7 Å². The van der Waals surface area contributed by atoms with Gasteiger partial charge in [0.15, 0.2) is 0 Å². The van der Waals surface area contributed by atoms with Gasteiger partial charge in [-0.05, 0) is 25.7 Å². The summed E-state index contributed by atoms with van der Waals surface area (Å²) in [6.07, 6.45) is 11.0. The molecule has 0 bridgehead atoms. The van der Waals surface area contributed by atoms with Crippen LogP contribution in [0.15, 0.2) is 9.98 Å². The minimum Gasteiger partial charge on any atom is -0.403 e. The van der Waals surface area contributed by atoms with Gasteiger partial charge in [-0.15, -0.1) is 0 Å². The van der Waals surface area contributed by atoms with Crippen LogP contribution in [-0.4, -0.2) is 61.4 Å². The Balaban J connectivity index is 0.000000471. The van der Waals surface area contributed by atoms with Gasteiger partial charge in [0.05, 0.1) is 0 Å². The molecular weight excluding hydrogens is 396 g/mol. The maximum Gasteiger partial charge on any atom is 0.325 e. The summed E-state index contributed by atoms with van der Waals surface area (Å²) in [6, 6.07) is -0.485. The zero-order valence-corrected chi connectivity index (χ0v) is 16.7. The number of nitrogens with zero attached hydrogens (tertiary/aromatic N) is 4. The summed E-state index contributed by atoms with van der Waals surface area (Å²) in [6.45, 7) is 0.973. The minimum absolute atomic E-state index is 0.133. The molecule has 12 nitrogen and oxygen atoms in total. The summed E-state index contributed by atoms with van der Waals surface area (Å²) in [5.41, 5.74) is 0. The van der Waals surface area contributed by atoms with Crippen molar-refractivity contribution in [2.75, 3.05) is 26.5 Å². The number of aliphatic imine (C=N–C) groups is 2. The molecule has 0 aromatic carbocycles. The number of nitrogens with one attached hydrogen (secondary N) is 2. The van der Waals surface area contributed by atoms with Crippen molar-refractivity contribution in [2.45, 2.75) is 51.4 Å². The Morgan fingerprint density at radius 3 is 2.47 bits per heavy atom. The molecule has 2 saturated heterocycles. The van der Waals surface area contributed by atoms with Gasteiger partial charge in [-0.25, -0.2) is 14.4 Å². The number of urea groups is 1. The lowest BCUT2D eigenvalue weighted by Gasteiger charge is -2.17. The number of hydrogen-bond donors (Lipinski definition) is 2. The fraction of sp³-hybridized carbons (Fsp3) is 0.667. The second-order valence-electron chi connectivity index (χ2n) is 6.02. The average Bonchev–Trinajstić information content (AvgIpc) is 3.11. The van der Waals surface area contributed by atoms with Gasteiger partial charge in [0, 0.05) is 25.9 Å². The highest BCUT2D eigenvalue weighted by molar-refractivity contribution is 5.94. The third kappa shape index (κ3) is 14.5. The SMILES string of the molecule is N#COCN=C=O.O=C1CCCCCN1.O=C=NCNC(=O)N1CCCCCC1=O. The van der Waals surface area contributed by atoms with Crippen molar-refractivity contribution in [3.05, 3.63) is 0 Å². The number of ether oxygens (including phenoxy) is 1. The number of amides is 4. The molecule has 2 N–H and O–H groups in total. The van der Waals surface area contributed by atoms with Crippen LogP contribution in [-0.2, 0) is 23.9 Å². The molecule has 0 aromatic rings. The van der Waals surface area contributed by atoms with E-state index in [2.05, 4.69) is 25.4 Å². The Kier molecular flexibility index (Phi) is 16.6. The van der Waals surface area contributed by atoms with Crippen molar-refractivity contribution in [1.29, 1.82) is 5.26 Å². The number of carbonyl (C=O) groups excluding carboxylic acids is 5. The van der Waals surface area contributed by atoms with Gasteiger partial charge >= 0.3 is 6.03 Å². The van der Waals surface area contributed by atoms with Crippen LogP contribution in [0.1, 0.15) is 51.4 Å². The van der Waals surface area contributed by atoms with E-state index in [4.69, 9.17) is 5.26 Å². The van der Waals surface area contributed by atoms with Gasteiger partial charge < -0.3 is 15.4 Å². The molecular formula is C18H26N6O6. The molecule has 0 aliphatic carbocycles. The van der Waals surface area contributed by atoms with E-state index in [-0.39, 0.29) is 25.2 Å². The monoisotopic (exact) mass is 422 g/mol. The summed E-state index contributed by atoms with van der Waals surface area (Å²) in [5, 5.41) is 12.8. The number of rotatable bonds is 4. The van der Waals surface area contributed by atoms with E-state index in [0.29, 0.717) is 13.0 Å². The summed E-state index contributed by atoms with van der Waals surface area (Å²) in [4.78, 5) is 59.7. The first-order valence-electron chi connectivity index (χ1n) is 9.49. The highest BCUT2D eigenvalue weighted by Gasteiger charge is 2.22. The van der Waals surface area contributed by atoms with Gasteiger partial charge in [0.25, 0.3) is 6.26 Å². The van der Waals surface area contributed by atoms with Crippen LogP contribution >= 0.6 is 0 Å². The molecule has 2 aliphatic rings. The van der Waals surface area contributed by atoms with Crippen LogP contribution in [0.4, 0.5) is 4.79 Å². The first-order chi connectivity index (χ1) is 14.6. The van der Waals surface area contributed by atoms with Crippen LogP contribution in [0.3, 0.4) is 0 Å². The summed E-state index contributed by atoms with van der Waals surface area (Å²) < 4.78 is 3.95. The van der Waals surface area contributed by atoms with Crippen LogP contribution < -0.4 is 10.6 Å². The topological polar surface area (TPSA) is 170 Å². The average molecular weight is 422 g/mol. The van der Waals surface area contributed by atoms with Gasteiger partial charge in [-0.1, -0.05) is 12.8 Å². The standard InChI is InChI=1S/C9H13N3O3.C6H11NO.C3H2N2O2/c13-7-10-6-11-9(15)12-5-3-1-2-4-8(12)14;8-6-4-2-1-3-5-7-6;4-1-7-3-5-2-6/h1-6H2,(H,11,15);1-5H2,(H,7,8);3H2. The second-order valence-corrected chi connectivity index (χ2v) is 6.02. The van der Waals surface area contributed by atoms with Crippen molar-refractivity contribution in [3.8, 4) is 6.26 Å². The smallest absolute Gasteiger partial charge is 0.325 e. The second kappa shape index (κ2) is 18.8. The molecule has 2 heterocycles. The predicted molar refractivity (Wildman–Crippen MR) is 103 cm³/mol. The van der Waals surface area contributed by atoms with Gasteiger partial charge in [-0.2, -0.15) is 15.2 Å². The quantitative estimate of drug-likeness (QED) is 0.292. The normalized spacial score (nSPS) is 15.4.